The van der Waals surface area contributed by atoms with Crippen LogP contribution in [0.2, 0.25) is 0 Å². The summed E-state index contributed by atoms with van der Waals surface area (Å²) >= 11 is 0. The third kappa shape index (κ3) is 2.38. The molecule has 2 aromatic rings. The van der Waals surface area contributed by atoms with Crippen molar-refractivity contribution in [1.29, 1.82) is 0 Å². The summed E-state index contributed by atoms with van der Waals surface area (Å²) in [5.74, 6) is -0.459. The van der Waals surface area contributed by atoms with Crippen molar-refractivity contribution in [2.24, 2.45) is 0 Å². The van der Waals surface area contributed by atoms with Crippen LogP contribution in [0, 0.1) is 5.82 Å². The Morgan fingerprint density at radius 3 is 2.90 bits per heavy atom. The Hall–Kier alpha value is -1.95. The first kappa shape index (κ1) is 13.1. The molecular formula is C14H15FN2O3. The molecule has 0 saturated carbocycles. The number of benzene rings is 1. The summed E-state index contributed by atoms with van der Waals surface area (Å²) in [4.78, 5) is 15.6. The number of carboxylic acids is 1. The lowest BCUT2D eigenvalue weighted by Crippen LogP contribution is -2.20. The number of carbonyl (C=O) groups is 1. The number of imidazole rings is 1. The average molecular weight is 278 g/mol. The topological polar surface area (TPSA) is 64.3 Å². The molecule has 0 bridgehead atoms. The van der Waals surface area contributed by atoms with E-state index in [0.717, 1.165) is 18.7 Å². The minimum atomic E-state index is -0.957. The van der Waals surface area contributed by atoms with E-state index in [4.69, 9.17) is 9.84 Å². The molecule has 1 aromatic heterocycles. The van der Waals surface area contributed by atoms with E-state index in [2.05, 4.69) is 4.98 Å². The van der Waals surface area contributed by atoms with Crippen LogP contribution in [0.15, 0.2) is 18.2 Å². The lowest BCUT2D eigenvalue weighted by atomic mass is 9.99. The van der Waals surface area contributed by atoms with Gasteiger partial charge in [0.2, 0.25) is 0 Å². The van der Waals surface area contributed by atoms with Crippen molar-refractivity contribution in [3.05, 3.63) is 29.8 Å². The highest BCUT2D eigenvalue weighted by atomic mass is 19.1. The van der Waals surface area contributed by atoms with Crippen LogP contribution in [0.4, 0.5) is 4.39 Å². The Balaban J connectivity index is 2.11. The lowest BCUT2D eigenvalue weighted by molar-refractivity contribution is -0.137. The number of aliphatic carboxylic acids is 1. The molecular weight excluding hydrogens is 263 g/mol. The molecule has 0 unspecified atom stereocenters. The van der Waals surface area contributed by atoms with Crippen LogP contribution >= 0.6 is 0 Å². The number of hydrogen-bond acceptors (Lipinski definition) is 3. The van der Waals surface area contributed by atoms with Gasteiger partial charge in [0.1, 0.15) is 18.2 Å². The van der Waals surface area contributed by atoms with E-state index in [1.165, 1.54) is 12.1 Å². The normalized spacial score (nSPS) is 16.6. The van der Waals surface area contributed by atoms with Crippen molar-refractivity contribution in [1.82, 2.24) is 9.55 Å². The minimum absolute atomic E-state index is 0.165. The highest BCUT2D eigenvalue weighted by Crippen LogP contribution is 2.29. The molecule has 0 atom stereocenters. The fraction of sp³-hybridized carbons (Fsp3) is 0.429. The molecule has 1 aliphatic rings. The molecule has 0 radical (unpaired) electrons. The number of fused-ring (bicyclic) bond motifs is 1. The molecule has 1 aromatic carbocycles. The zero-order chi connectivity index (χ0) is 14.1. The molecule has 1 fully saturated rings. The van der Waals surface area contributed by atoms with E-state index in [9.17, 15) is 9.18 Å². The van der Waals surface area contributed by atoms with Crippen LogP contribution in [0.5, 0.6) is 0 Å². The summed E-state index contributed by atoms with van der Waals surface area (Å²) in [6.07, 6.45) is 1.62. The number of nitrogens with zero attached hydrogens (tertiary/aromatic N) is 2. The molecule has 5 nitrogen and oxygen atoms in total. The average Bonchev–Trinajstić information content (AvgIpc) is 2.77. The van der Waals surface area contributed by atoms with Gasteiger partial charge in [0.05, 0.1) is 11.0 Å². The van der Waals surface area contributed by atoms with Crippen LogP contribution in [-0.2, 0) is 16.1 Å². The first-order chi connectivity index (χ1) is 9.65. The van der Waals surface area contributed by atoms with E-state index < -0.39 is 5.97 Å². The van der Waals surface area contributed by atoms with Gasteiger partial charge in [-0.2, -0.15) is 0 Å². The maximum Gasteiger partial charge on any atom is 0.323 e. The fourth-order valence-corrected chi connectivity index (χ4v) is 2.68. The van der Waals surface area contributed by atoms with Gasteiger partial charge in [0.15, 0.2) is 0 Å². The van der Waals surface area contributed by atoms with Crippen LogP contribution in [0.25, 0.3) is 11.0 Å². The zero-order valence-electron chi connectivity index (χ0n) is 10.9. The number of halogens is 1. The van der Waals surface area contributed by atoms with Gasteiger partial charge >= 0.3 is 5.97 Å². The van der Waals surface area contributed by atoms with Crippen molar-refractivity contribution in [3.8, 4) is 0 Å². The summed E-state index contributed by atoms with van der Waals surface area (Å²) in [5.41, 5.74) is 1.17. The Bertz CT molecular complexity index is 647. The Kier molecular flexibility index (Phi) is 3.40. The third-order valence-corrected chi connectivity index (χ3v) is 3.62. The van der Waals surface area contributed by atoms with Crippen molar-refractivity contribution >= 4 is 17.0 Å². The molecule has 20 heavy (non-hydrogen) atoms. The van der Waals surface area contributed by atoms with Crippen LogP contribution in [0.1, 0.15) is 24.6 Å². The molecule has 106 valence electrons. The van der Waals surface area contributed by atoms with Crippen molar-refractivity contribution < 1.29 is 19.0 Å². The van der Waals surface area contributed by atoms with Gasteiger partial charge in [-0.25, -0.2) is 9.37 Å². The maximum absolute atomic E-state index is 13.4. The van der Waals surface area contributed by atoms with Gasteiger partial charge in [0.25, 0.3) is 0 Å². The van der Waals surface area contributed by atoms with Crippen molar-refractivity contribution in [2.45, 2.75) is 25.3 Å². The fourth-order valence-electron chi connectivity index (χ4n) is 2.68. The van der Waals surface area contributed by atoms with Crippen molar-refractivity contribution in [3.63, 3.8) is 0 Å². The van der Waals surface area contributed by atoms with E-state index in [0.29, 0.717) is 24.2 Å². The predicted molar refractivity (Wildman–Crippen MR) is 70.1 cm³/mol. The van der Waals surface area contributed by atoms with E-state index in [1.807, 2.05) is 0 Å². The number of ether oxygens (including phenoxy) is 1. The molecule has 1 N–H and O–H groups in total. The van der Waals surface area contributed by atoms with Gasteiger partial charge in [0, 0.05) is 19.1 Å². The van der Waals surface area contributed by atoms with Crippen LogP contribution in [-0.4, -0.2) is 33.8 Å². The minimum Gasteiger partial charge on any atom is -0.480 e. The first-order valence-corrected chi connectivity index (χ1v) is 6.60. The number of rotatable bonds is 3. The molecule has 0 spiro atoms. The Labute approximate surface area is 115 Å². The second-order valence-electron chi connectivity index (χ2n) is 4.97. The second kappa shape index (κ2) is 5.20. The zero-order valence-corrected chi connectivity index (χ0v) is 10.9. The quantitative estimate of drug-likeness (QED) is 0.934. The molecule has 6 heteroatoms. The molecule has 1 aliphatic heterocycles. The summed E-state index contributed by atoms with van der Waals surface area (Å²) in [5, 5.41) is 9.07. The smallest absolute Gasteiger partial charge is 0.323 e. The highest BCUT2D eigenvalue weighted by molar-refractivity contribution is 5.78. The van der Waals surface area contributed by atoms with Crippen molar-refractivity contribution in [2.75, 3.05) is 13.2 Å². The maximum atomic E-state index is 13.4. The Morgan fingerprint density at radius 2 is 2.20 bits per heavy atom. The second-order valence-corrected chi connectivity index (χ2v) is 4.97. The first-order valence-electron chi connectivity index (χ1n) is 6.60. The van der Waals surface area contributed by atoms with E-state index in [-0.39, 0.29) is 18.3 Å². The highest BCUT2D eigenvalue weighted by Gasteiger charge is 2.23. The van der Waals surface area contributed by atoms with Crippen LogP contribution in [0.3, 0.4) is 0 Å². The largest absolute Gasteiger partial charge is 0.480 e. The molecule has 0 amide bonds. The van der Waals surface area contributed by atoms with Gasteiger partial charge in [-0.3, -0.25) is 4.79 Å². The summed E-state index contributed by atoms with van der Waals surface area (Å²) in [7, 11) is 0. The monoisotopic (exact) mass is 278 g/mol. The van der Waals surface area contributed by atoms with Gasteiger partial charge in [-0.15, -0.1) is 0 Å². The van der Waals surface area contributed by atoms with E-state index >= 15 is 0 Å². The SMILES string of the molecule is O=C(O)Cn1c(C2CCOCC2)nc2ccc(F)cc21. The number of hydrogen-bond donors (Lipinski definition) is 1. The van der Waals surface area contributed by atoms with Gasteiger partial charge < -0.3 is 14.4 Å². The molecule has 3 rings (SSSR count). The van der Waals surface area contributed by atoms with Crippen LogP contribution < -0.4 is 0 Å². The van der Waals surface area contributed by atoms with Gasteiger partial charge in [-0.05, 0) is 31.0 Å². The standard InChI is InChI=1S/C14H15FN2O3/c15-10-1-2-11-12(7-10)17(8-13(18)19)14(16-11)9-3-5-20-6-4-9/h1-2,7,9H,3-6,8H2,(H,18,19). The predicted octanol–water partition coefficient (Wildman–Crippen LogP) is 2.15. The Morgan fingerprint density at radius 1 is 1.45 bits per heavy atom. The molecule has 0 aliphatic carbocycles. The summed E-state index contributed by atoms with van der Waals surface area (Å²) in [6, 6.07) is 4.27. The number of aromatic nitrogens is 2. The summed E-state index contributed by atoms with van der Waals surface area (Å²) in [6.45, 7) is 1.09. The number of carboxylic acid groups (broad SMARTS) is 1. The third-order valence-electron chi connectivity index (χ3n) is 3.62. The molecule has 2 heterocycles. The lowest BCUT2D eigenvalue weighted by Gasteiger charge is -2.22. The van der Waals surface area contributed by atoms with Gasteiger partial charge in [-0.1, -0.05) is 0 Å². The van der Waals surface area contributed by atoms with E-state index in [1.54, 1.807) is 10.6 Å². The summed E-state index contributed by atoms with van der Waals surface area (Å²) < 4.78 is 20.3. The molecule has 1 saturated heterocycles.